The second kappa shape index (κ2) is 10.9. The minimum atomic E-state index is -0.738. The first-order valence-electron chi connectivity index (χ1n) is 10.7. The van der Waals surface area contributed by atoms with E-state index < -0.39 is 12.0 Å². The number of aryl methyl sites for hydroxylation is 1. The smallest absolute Gasteiger partial charge is 0.420 e. The van der Waals surface area contributed by atoms with Crippen LogP contribution in [0.1, 0.15) is 5.56 Å². The highest BCUT2D eigenvalue weighted by atomic mass is 19.1. The zero-order valence-corrected chi connectivity index (χ0v) is 19.3. The molecule has 0 saturated heterocycles. The molecule has 0 radical (unpaired) electrons. The fourth-order valence-electron chi connectivity index (χ4n) is 3.19. The van der Waals surface area contributed by atoms with Crippen LogP contribution in [0.4, 0.5) is 38.0 Å². The molecule has 0 spiro atoms. The average molecular weight is 487 g/mol. The molecule has 2 N–H and O–H groups in total. The fraction of sp³-hybridized carbons (Fsp3) is 0.0800. The van der Waals surface area contributed by atoms with Crippen molar-refractivity contribution in [3.63, 3.8) is 0 Å². The highest BCUT2D eigenvalue weighted by Gasteiger charge is 2.22. The first-order chi connectivity index (χ1) is 17.4. The summed E-state index contributed by atoms with van der Waals surface area (Å²) in [5.41, 5.74) is 2.09. The molecule has 0 atom stereocenters. The normalized spacial score (nSPS) is 10.4. The van der Waals surface area contributed by atoms with Gasteiger partial charge in [-0.3, -0.25) is 9.48 Å². The van der Waals surface area contributed by atoms with E-state index in [1.54, 1.807) is 54.5 Å². The quantitative estimate of drug-likeness (QED) is 0.347. The zero-order chi connectivity index (χ0) is 25.5. The number of benzene rings is 2. The maximum atomic E-state index is 13.3. The van der Waals surface area contributed by atoms with E-state index in [-0.39, 0.29) is 24.2 Å². The van der Waals surface area contributed by atoms with Crippen LogP contribution < -0.4 is 15.5 Å². The third-order valence-electron chi connectivity index (χ3n) is 4.85. The topological polar surface area (TPSA) is 114 Å². The molecule has 0 bridgehead atoms. The monoisotopic (exact) mass is 487 g/mol. The maximum absolute atomic E-state index is 13.3. The van der Waals surface area contributed by atoms with Gasteiger partial charge in [0.05, 0.1) is 17.6 Å². The summed E-state index contributed by atoms with van der Waals surface area (Å²) in [5.74, 6) is -0.344. The van der Waals surface area contributed by atoms with E-state index in [1.807, 2.05) is 0 Å². The van der Waals surface area contributed by atoms with Crippen molar-refractivity contribution in [2.45, 2.75) is 6.61 Å². The van der Waals surface area contributed by atoms with Crippen LogP contribution in [0.5, 0.6) is 0 Å². The molecule has 36 heavy (non-hydrogen) atoms. The standard InChI is InChI=1S/C25H22FN7O3/c1-3-23(34)29-19-5-4-6-21(13-19)33(25(35)36-16-17-7-9-18(26)10-8-17)22-11-12-27-24(31-22)30-20-14-28-32(2)15-20/h3-15H,1,16H2,2H3,(H,29,34)(H,27,30,31). The number of ether oxygens (including phenoxy) is 1. The van der Waals surface area contributed by atoms with Crippen LogP contribution >= 0.6 is 0 Å². The Morgan fingerprint density at radius 3 is 2.69 bits per heavy atom. The fourth-order valence-corrected chi connectivity index (χ4v) is 3.19. The molecule has 0 aliphatic carbocycles. The minimum absolute atomic E-state index is 0.0889. The third-order valence-corrected chi connectivity index (χ3v) is 4.85. The number of hydrogen-bond donors (Lipinski definition) is 2. The second-order valence-corrected chi connectivity index (χ2v) is 7.53. The Kier molecular flexibility index (Phi) is 7.30. The van der Waals surface area contributed by atoms with E-state index in [4.69, 9.17) is 4.74 Å². The van der Waals surface area contributed by atoms with Crippen molar-refractivity contribution in [3.05, 3.63) is 97.2 Å². The van der Waals surface area contributed by atoms with Crippen molar-refractivity contribution in [1.82, 2.24) is 19.7 Å². The van der Waals surface area contributed by atoms with Gasteiger partial charge in [-0.25, -0.2) is 19.1 Å². The predicted molar refractivity (Wildman–Crippen MR) is 133 cm³/mol. The van der Waals surface area contributed by atoms with Crippen molar-refractivity contribution in [2.24, 2.45) is 7.05 Å². The Bertz CT molecular complexity index is 1390. The summed E-state index contributed by atoms with van der Waals surface area (Å²) in [6, 6.07) is 13.8. The highest BCUT2D eigenvalue weighted by Crippen LogP contribution is 2.28. The number of nitrogens with zero attached hydrogens (tertiary/aromatic N) is 5. The molecule has 0 saturated carbocycles. The van der Waals surface area contributed by atoms with Crippen molar-refractivity contribution in [3.8, 4) is 0 Å². The van der Waals surface area contributed by atoms with Gasteiger partial charge >= 0.3 is 6.09 Å². The van der Waals surface area contributed by atoms with Crippen molar-refractivity contribution >= 4 is 40.8 Å². The molecule has 0 unspecified atom stereocenters. The van der Waals surface area contributed by atoms with E-state index in [1.165, 1.54) is 35.4 Å². The molecule has 0 fully saturated rings. The highest BCUT2D eigenvalue weighted by molar-refractivity contribution is 6.00. The minimum Gasteiger partial charge on any atom is -0.444 e. The molecule has 4 aromatic rings. The molecular weight excluding hydrogens is 465 g/mol. The summed E-state index contributed by atoms with van der Waals surface area (Å²) in [6.07, 6.45) is 5.25. The molecule has 2 amide bonds. The summed E-state index contributed by atoms with van der Waals surface area (Å²) < 4.78 is 20.4. The van der Waals surface area contributed by atoms with E-state index >= 15 is 0 Å². The first kappa shape index (κ1) is 24.1. The van der Waals surface area contributed by atoms with Gasteiger partial charge in [0.2, 0.25) is 11.9 Å². The number of halogens is 1. The van der Waals surface area contributed by atoms with Crippen LogP contribution in [-0.4, -0.2) is 31.7 Å². The molecule has 11 heteroatoms. The SMILES string of the molecule is C=CC(=O)Nc1cccc(N(C(=O)OCc2ccc(F)cc2)c2ccnc(Nc3cnn(C)c3)n2)c1. The van der Waals surface area contributed by atoms with Gasteiger partial charge in [-0.05, 0) is 42.0 Å². The first-order valence-corrected chi connectivity index (χ1v) is 10.7. The number of carbonyl (C=O) groups excluding carboxylic acids is 2. The van der Waals surface area contributed by atoms with Gasteiger partial charge < -0.3 is 15.4 Å². The zero-order valence-electron chi connectivity index (χ0n) is 19.3. The number of carbonyl (C=O) groups is 2. The number of nitrogens with one attached hydrogen (secondary N) is 2. The predicted octanol–water partition coefficient (Wildman–Crippen LogP) is 4.69. The van der Waals surface area contributed by atoms with Crippen LogP contribution in [0, 0.1) is 5.82 Å². The molecular formula is C25H22FN7O3. The summed E-state index contributed by atoms with van der Waals surface area (Å²) in [4.78, 5) is 35.0. The molecule has 0 aliphatic heterocycles. The van der Waals surface area contributed by atoms with Gasteiger partial charge in [-0.2, -0.15) is 10.1 Å². The molecule has 2 aromatic carbocycles. The Morgan fingerprint density at radius 1 is 1.17 bits per heavy atom. The van der Waals surface area contributed by atoms with Gasteiger partial charge in [0, 0.05) is 31.2 Å². The average Bonchev–Trinajstić information content (AvgIpc) is 3.28. The lowest BCUT2D eigenvalue weighted by Gasteiger charge is -2.22. The van der Waals surface area contributed by atoms with Crippen molar-refractivity contribution in [2.75, 3.05) is 15.5 Å². The van der Waals surface area contributed by atoms with Gasteiger partial charge in [0.15, 0.2) is 0 Å². The maximum Gasteiger partial charge on any atom is 0.420 e. The largest absolute Gasteiger partial charge is 0.444 e. The number of anilines is 5. The third kappa shape index (κ3) is 6.08. The van der Waals surface area contributed by atoms with E-state index in [2.05, 4.69) is 32.3 Å². The van der Waals surface area contributed by atoms with E-state index in [0.717, 1.165) is 6.08 Å². The summed E-state index contributed by atoms with van der Waals surface area (Å²) in [5, 5.41) is 9.79. The Hall–Kier alpha value is -5.06. The van der Waals surface area contributed by atoms with Crippen LogP contribution in [-0.2, 0) is 23.2 Å². The number of hydrogen-bond acceptors (Lipinski definition) is 7. The van der Waals surface area contributed by atoms with Gasteiger partial charge in [0.25, 0.3) is 0 Å². The molecule has 4 rings (SSSR count). The van der Waals surface area contributed by atoms with Gasteiger partial charge in [0.1, 0.15) is 18.2 Å². The van der Waals surface area contributed by atoms with Crippen LogP contribution in [0.2, 0.25) is 0 Å². The number of amides is 2. The Labute approximate surface area is 206 Å². The Morgan fingerprint density at radius 2 is 1.97 bits per heavy atom. The lowest BCUT2D eigenvalue weighted by atomic mass is 10.2. The van der Waals surface area contributed by atoms with Crippen LogP contribution in [0.15, 0.2) is 85.8 Å². The summed E-state index contributed by atoms with van der Waals surface area (Å²) in [6.45, 7) is 3.36. The molecule has 0 aliphatic rings. The molecule has 2 heterocycles. The van der Waals surface area contributed by atoms with Crippen LogP contribution in [0.25, 0.3) is 0 Å². The molecule has 10 nitrogen and oxygen atoms in total. The lowest BCUT2D eigenvalue weighted by Crippen LogP contribution is -2.28. The van der Waals surface area contributed by atoms with Crippen molar-refractivity contribution in [1.29, 1.82) is 0 Å². The summed E-state index contributed by atoms with van der Waals surface area (Å²) in [7, 11) is 1.78. The number of rotatable bonds is 8. The molecule has 182 valence electrons. The molecule has 2 aromatic heterocycles. The summed E-state index contributed by atoms with van der Waals surface area (Å²) >= 11 is 0. The Balaban J connectivity index is 1.65. The van der Waals surface area contributed by atoms with Crippen LogP contribution in [0.3, 0.4) is 0 Å². The van der Waals surface area contributed by atoms with E-state index in [9.17, 15) is 14.0 Å². The van der Waals surface area contributed by atoms with Gasteiger partial charge in [-0.15, -0.1) is 0 Å². The second-order valence-electron chi connectivity index (χ2n) is 7.53. The van der Waals surface area contributed by atoms with Crippen molar-refractivity contribution < 1.29 is 18.7 Å². The van der Waals surface area contributed by atoms with E-state index in [0.29, 0.717) is 22.6 Å². The lowest BCUT2D eigenvalue weighted by molar-refractivity contribution is -0.111. The van der Waals surface area contributed by atoms with Gasteiger partial charge in [-0.1, -0.05) is 24.8 Å². The number of aromatic nitrogens is 4.